The Hall–Kier alpha value is -0.930. The summed E-state index contributed by atoms with van der Waals surface area (Å²) in [6.45, 7) is 5.18. The van der Waals surface area contributed by atoms with E-state index in [4.69, 9.17) is 4.74 Å². The van der Waals surface area contributed by atoms with E-state index < -0.39 is 0 Å². The van der Waals surface area contributed by atoms with E-state index in [-0.39, 0.29) is 5.82 Å². The lowest BCUT2D eigenvalue weighted by molar-refractivity contribution is 0.157. The third kappa shape index (κ3) is 3.30. The molecule has 1 aromatic carbocycles. The summed E-state index contributed by atoms with van der Waals surface area (Å²) in [7, 11) is 1.74. The molecule has 100 valence electrons. The Morgan fingerprint density at radius 3 is 2.44 bits per heavy atom. The van der Waals surface area contributed by atoms with Gasteiger partial charge in [0.1, 0.15) is 5.82 Å². The van der Waals surface area contributed by atoms with Crippen molar-refractivity contribution in [2.45, 2.75) is 39.3 Å². The maximum Gasteiger partial charge on any atom is 0.129 e. The quantitative estimate of drug-likeness (QED) is 0.839. The highest BCUT2D eigenvalue weighted by molar-refractivity contribution is 5.30. The van der Waals surface area contributed by atoms with Crippen LogP contribution < -0.4 is 5.32 Å². The van der Waals surface area contributed by atoms with E-state index in [1.165, 1.54) is 12.8 Å². The van der Waals surface area contributed by atoms with Gasteiger partial charge in [-0.25, -0.2) is 4.39 Å². The van der Waals surface area contributed by atoms with E-state index >= 15 is 0 Å². The van der Waals surface area contributed by atoms with Crippen molar-refractivity contribution in [3.05, 3.63) is 34.6 Å². The standard InChI is InChI=1S/C15H22FNO/c1-10-6-12(7-11(2)15(10)16)8-17-14(9-18-3)13-4-5-13/h6-7,13-14,17H,4-5,8-9H2,1-3H3. The number of nitrogens with one attached hydrogen (secondary N) is 1. The summed E-state index contributed by atoms with van der Waals surface area (Å²) in [6.07, 6.45) is 2.59. The molecule has 1 unspecified atom stereocenters. The lowest BCUT2D eigenvalue weighted by atomic mass is 10.1. The van der Waals surface area contributed by atoms with Crippen LogP contribution in [0.5, 0.6) is 0 Å². The second kappa shape index (κ2) is 5.81. The molecule has 0 amide bonds. The van der Waals surface area contributed by atoms with Crippen molar-refractivity contribution in [3.8, 4) is 0 Å². The van der Waals surface area contributed by atoms with Crippen molar-refractivity contribution in [3.63, 3.8) is 0 Å². The van der Waals surface area contributed by atoms with Crippen LogP contribution in [-0.4, -0.2) is 19.8 Å². The molecule has 1 fully saturated rings. The maximum atomic E-state index is 13.5. The molecular weight excluding hydrogens is 229 g/mol. The van der Waals surface area contributed by atoms with Gasteiger partial charge in [0.05, 0.1) is 6.61 Å². The van der Waals surface area contributed by atoms with E-state index in [9.17, 15) is 4.39 Å². The minimum Gasteiger partial charge on any atom is -0.383 e. The van der Waals surface area contributed by atoms with Crippen LogP contribution in [0, 0.1) is 25.6 Å². The number of ether oxygens (including phenoxy) is 1. The van der Waals surface area contributed by atoms with Crippen molar-refractivity contribution >= 4 is 0 Å². The van der Waals surface area contributed by atoms with Crippen molar-refractivity contribution in [2.75, 3.05) is 13.7 Å². The molecule has 18 heavy (non-hydrogen) atoms. The maximum absolute atomic E-state index is 13.5. The summed E-state index contributed by atoms with van der Waals surface area (Å²) in [5, 5.41) is 3.53. The van der Waals surface area contributed by atoms with Crippen LogP contribution in [0.15, 0.2) is 12.1 Å². The molecule has 3 heteroatoms. The van der Waals surface area contributed by atoms with E-state index in [0.29, 0.717) is 6.04 Å². The normalized spacial score (nSPS) is 16.9. The summed E-state index contributed by atoms with van der Waals surface area (Å²) in [5.41, 5.74) is 2.59. The highest BCUT2D eigenvalue weighted by atomic mass is 19.1. The van der Waals surface area contributed by atoms with Gasteiger partial charge in [0.15, 0.2) is 0 Å². The highest BCUT2D eigenvalue weighted by Gasteiger charge is 2.30. The fraction of sp³-hybridized carbons (Fsp3) is 0.600. The second-order valence-electron chi connectivity index (χ2n) is 5.32. The molecule has 1 saturated carbocycles. The van der Waals surface area contributed by atoms with Gasteiger partial charge in [-0.05, 0) is 49.3 Å². The fourth-order valence-electron chi connectivity index (χ4n) is 2.43. The van der Waals surface area contributed by atoms with Crippen LogP contribution in [0.25, 0.3) is 0 Å². The molecule has 2 rings (SSSR count). The third-order valence-corrected chi connectivity index (χ3v) is 3.60. The van der Waals surface area contributed by atoms with Gasteiger partial charge in [-0.15, -0.1) is 0 Å². The fourth-order valence-corrected chi connectivity index (χ4v) is 2.43. The Balaban J connectivity index is 1.96. The van der Waals surface area contributed by atoms with Crippen LogP contribution in [0.4, 0.5) is 4.39 Å². The van der Waals surface area contributed by atoms with Crippen LogP contribution in [0.2, 0.25) is 0 Å². The lowest BCUT2D eigenvalue weighted by Gasteiger charge is -2.18. The highest BCUT2D eigenvalue weighted by Crippen LogP contribution is 2.32. The molecule has 1 aliphatic carbocycles. The first-order valence-electron chi connectivity index (χ1n) is 6.59. The van der Waals surface area contributed by atoms with Gasteiger partial charge >= 0.3 is 0 Å². The van der Waals surface area contributed by atoms with Crippen LogP contribution in [0.3, 0.4) is 0 Å². The van der Waals surface area contributed by atoms with Gasteiger partial charge in [0.2, 0.25) is 0 Å². The Morgan fingerprint density at radius 1 is 1.33 bits per heavy atom. The van der Waals surface area contributed by atoms with E-state index in [2.05, 4.69) is 5.32 Å². The summed E-state index contributed by atoms with van der Waals surface area (Å²) < 4.78 is 18.8. The van der Waals surface area contributed by atoms with Crippen LogP contribution in [-0.2, 0) is 11.3 Å². The second-order valence-corrected chi connectivity index (χ2v) is 5.32. The Labute approximate surface area is 109 Å². The Kier molecular flexibility index (Phi) is 4.36. The number of aryl methyl sites for hydroxylation is 2. The monoisotopic (exact) mass is 251 g/mol. The summed E-state index contributed by atoms with van der Waals surface area (Å²) in [5.74, 6) is 0.668. The zero-order valence-electron chi connectivity index (χ0n) is 11.4. The average Bonchev–Trinajstić information content (AvgIpc) is 3.15. The molecule has 0 aromatic heterocycles. The van der Waals surface area contributed by atoms with E-state index in [1.54, 1.807) is 7.11 Å². The number of hydrogen-bond donors (Lipinski definition) is 1. The molecule has 1 aromatic rings. The van der Waals surface area contributed by atoms with Crippen molar-refractivity contribution < 1.29 is 9.13 Å². The number of hydrogen-bond acceptors (Lipinski definition) is 2. The predicted molar refractivity (Wildman–Crippen MR) is 71.1 cm³/mol. The molecule has 0 radical (unpaired) electrons. The van der Waals surface area contributed by atoms with Crippen LogP contribution in [0.1, 0.15) is 29.5 Å². The van der Waals surface area contributed by atoms with Gasteiger partial charge in [-0.1, -0.05) is 12.1 Å². The van der Waals surface area contributed by atoms with Gasteiger partial charge in [-0.2, -0.15) is 0 Å². The summed E-state index contributed by atoms with van der Waals surface area (Å²) in [4.78, 5) is 0. The van der Waals surface area contributed by atoms with Crippen molar-refractivity contribution in [1.29, 1.82) is 0 Å². The Morgan fingerprint density at radius 2 is 1.94 bits per heavy atom. The largest absolute Gasteiger partial charge is 0.383 e. The molecule has 0 saturated heterocycles. The first-order valence-corrected chi connectivity index (χ1v) is 6.59. The van der Waals surface area contributed by atoms with Gasteiger partial charge in [0, 0.05) is 19.7 Å². The SMILES string of the molecule is COCC(NCc1cc(C)c(F)c(C)c1)C1CC1. The summed E-state index contributed by atoms with van der Waals surface area (Å²) in [6, 6.07) is 4.28. The zero-order chi connectivity index (χ0) is 13.1. The molecule has 0 heterocycles. The molecule has 0 bridgehead atoms. The predicted octanol–water partition coefficient (Wildman–Crippen LogP) is 2.96. The third-order valence-electron chi connectivity index (χ3n) is 3.60. The molecule has 0 spiro atoms. The van der Waals surface area contributed by atoms with E-state index in [0.717, 1.165) is 35.8 Å². The molecule has 1 N–H and O–H groups in total. The van der Waals surface area contributed by atoms with Gasteiger partial charge in [-0.3, -0.25) is 0 Å². The molecule has 0 aliphatic heterocycles. The van der Waals surface area contributed by atoms with Crippen LogP contribution >= 0.6 is 0 Å². The number of benzene rings is 1. The first-order chi connectivity index (χ1) is 8.61. The number of methoxy groups -OCH3 is 1. The average molecular weight is 251 g/mol. The molecular formula is C15H22FNO. The Bertz CT molecular complexity index is 392. The zero-order valence-corrected chi connectivity index (χ0v) is 11.4. The molecule has 1 aliphatic rings. The smallest absolute Gasteiger partial charge is 0.129 e. The lowest BCUT2D eigenvalue weighted by Crippen LogP contribution is -2.34. The molecule has 2 nitrogen and oxygen atoms in total. The number of halogens is 1. The van der Waals surface area contributed by atoms with Gasteiger partial charge in [0.25, 0.3) is 0 Å². The van der Waals surface area contributed by atoms with Crippen molar-refractivity contribution in [1.82, 2.24) is 5.32 Å². The minimum atomic E-state index is -0.0885. The number of rotatable bonds is 6. The molecule has 1 atom stereocenters. The topological polar surface area (TPSA) is 21.3 Å². The first kappa shape index (κ1) is 13.5. The van der Waals surface area contributed by atoms with Gasteiger partial charge < -0.3 is 10.1 Å². The summed E-state index contributed by atoms with van der Waals surface area (Å²) >= 11 is 0. The minimum absolute atomic E-state index is 0.0885. The van der Waals surface area contributed by atoms with E-state index in [1.807, 2.05) is 26.0 Å². The van der Waals surface area contributed by atoms with Crippen molar-refractivity contribution in [2.24, 2.45) is 5.92 Å².